The summed E-state index contributed by atoms with van der Waals surface area (Å²) in [5.74, 6) is 0.905. The quantitative estimate of drug-likeness (QED) is 0.868. The van der Waals surface area contributed by atoms with Gasteiger partial charge in [0, 0.05) is 22.4 Å². The van der Waals surface area contributed by atoms with Crippen LogP contribution in [0.25, 0.3) is 0 Å². The molecule has 2 rings (SSSR count). The molecule has 1 heterocycles. The van der Waals surface area contributed by atoms with Gasteiger partial charge in [0.15, 0.2) is 0 Å². The Hall–Kier alpha value is 0.100. The van der Waals surface area contributed by atoms with Crippen molar-refractivity contribution in [3.63, 3.8) is 0 Å². The summed E-state index contributed by atoms with van der Waals surface area (Å²) in [4.78, 5) is 3.93. The molecule has 1 fully saturated rings. The van der Waals surface area contributed by atoms with Crippen LogP contribution in [0.15, 0.2) is 15.9 Å². The summed E-state index contributed by atoms with van der Waals surface area (Å²) < 4.78 is 1.21. The third-order valence-electron chi connectivity index (χ3n) is 3.74. The third kappa shape index (κ3) is 3.11. The monoisotopic (exact) mass is 316 g/mol. The Morgan fingerprint density at radius 1 is 1.59 bits per heavy atom. The fraction of sp³-hybridized carbons (Fsp3) is 0.692. The van der Waals surface area contributed by atoms with Crippen LogP contribution in [0.5, 0.6) is 0 Å². The largest absolute Gasteiger partial charge is 0.329 e. The predicted molar refractivity (Wildman–Crippen MR) is 78.4 cm³/mol. The standard InChI is InChI=1S/C13H21BrN2S/c1-2-16(9-10-4-3-5-10)12(8-15)13-11(14)6-7-17-13/h6-7,10,12H,2-5,8-9,15H2,1H3. The van der Waals surface area contributed by atoms with Gasteiger partial charge in [-0.25, -0.2) is 0 Å². The molecule has 0 aromatic carbocycles. The van der Waals surface area contributed by atoms with Crippen LogP contribution < -0.4 is 5.73 Å². The molecule has 0 aliphatic heterocycles. The van der Waals surface area contributed by atoms with Crippen molar-refractivity contribution in [3.8, 4) is 0 Å². The summed E-state index contributed by atoms with van der Waals surface area (Å²) in [6.45, 7) is 5.24. The lowest BCUT2D eigenvalue weighted by Crippen LogP contribution is -2.38. The van der Waals surface area contributed by atoms with Gasteiger partial charge in [-0.05, 0) is 52.7 Å². The van der Waals surface area contributed by atoms with Gasteiger partial charge in [-0.1, -0.05) is 13.3 Å². The van der Waals surface area contributed by atoms with Crippen LogP contribution in [-0.2, 0) is 0 Å². The molecule has 0 amide bonds. The fourth-order valence-corrected chi connectivity index (χ4v) is 4.23. The van der Waals surface area contributed by atoms with Gasteiger partial charge in [0.05, 0.1) is 6.04 Å². The number of thiophene rings is 1. The van der Waals surface area contributed by atoms with Crippen molar-refractivity contribution in [2.45, 2.75) is 32.2 Å². The van der Waals surface area contributed by atoms with Crippen molar-refractivity contribution >= 4 is 27.3 Å². The highest BCUT2D eigenvalue weighted by Gasteiger charge is 2.26. The molecule has 1 aliphatic rings. The zero-order valence-electron chi connectivity index (χ0n) is 10.4. The topological polar surface area (TPSA) is 29.3 Å². The fourth-order valence-electron chi connectivity index (χ4n) is 2.45. The summed E-state index contributed by atoms with van der Waals surface area (Å²) in [6.07, 6.45) is 4.22. The van der Waals surface area contributed by atoms with E-state index in [2.05, 4.69) is 39.2 Å². The molecule has 0 bridgehead atoms. The first kappa shape index (κ1) is 13.5. The molecule has 2 N–H and O–H groups in total. The van der Waals surface area contributed by atoms with Crippen LogP contribution >= 0.6 is 27.3 Å². The zero-order valence-corrected chi connectivity index (χ0v) is 12.8. The van der Waals surface area contributed by atoms with E-state index in [1.165, 1.54) is 35.2 Å². The van der Waals surface area contributed by atoms with Gasteiger partial charge in [0.2, 0.25) is 0 Å². The highest BCUT2D eigenvalue weighted by atomic mass is 79.9. The Morgan fingerprint density at radius 3 is 2.76 bits per heavy atom. The lowest BCUT2D eigenvalue weighted by atomic mass is 9.85. The van der Waals surface area contributed by atoms with Crippen LogP contribution in [0.1, 0.15) is 37.1 Å². The molecule has 0 spiro atoms. The molecular weight excluding hydrogens is 296 g/mol. The lowest BCUT2D eigenvalue weighted by Gasteiger charge is -2.36. The van der Waals surface area contributed by atoms with E-state index in [-0.39, 0.29) is 0 Å². The van der Waals surface area contributed by atoms with Crippen molar-refractivity contribution in [1.82, 2.24) is 4.90 Å². The molecule has 17 heavy (non-hydrogen) atoms. The molecule has 1 aromatic rings. The van der Waals surface area contributed by atoms with Gasteiger partial charge >= 0.3 is 0 Å². The predicted octanol–water partition coefficient (Wildman–Crippen LogP) is 3.63. The second kappa shape index (κ2) is 6.32. The molecule has 1 saturated carbocycles. The Morgan fingerprint density at radius 2 is 2.35 bits per heavy atom. The van der Waals surface area contributed by atoms with E-state index in [0.29, 0.717) is 12.6 Å². The minimum absolute atomic E-state index is 0.384. The van der Waals surface area contributed by atoms with Gasteiger partial charge in [0.25, 0.3) is 0 Å². The van der Waals surface area contributed by atoms with Crippen molar-refractivity contribution < 1.29 is 0 Å². The normalized spacial score (nSPS) is 18.4. The van der Waals surface area contributed by atoms with Crippen molar-refractivity contribution in [2.24, 2.45) is 11.7 Å². The van der Waals surface area contributed by atoms with E-state index < -0.39 is 0 Å². The molecule has 0 radical (unpaired) electrons. The molecular formula is C13H21BrN2S. The smallest absolute Gasteiger partial charge is 0.0575 e. The number of halogens is 1. The van der Waals surface area contributed by atoms with Crippen LogP contribution in [0, 0.1) is 5.92 Å². The molecule has 1 unspecified atom stereocenters. The summed E-state index contributed by atoms with van der Waals surface area (Å²) in [5, 5.41) is 2.14. The highest BCUT2D eigenvalue weighted by Crippen LogP contribution is 2.34. The van der Waals surface area contributed by atoms with Crippen LogP contribution in [-0.4, -0.2) is 24.5 Å². The maximum atomic E-state index is 5.99. The maximum Gasteiger partial charge on any atom is 0.0575 e. The Bertz CT molecular complexity index is 349. The van der Waals surface area contributed by atoms with Gasteiger partial charge in [-0.2, -0.15) is 0 Å². The average molecular weight is 317 g/mol. The third-order valence-corrected chi connectivity index (χ3v) is 5.71. The van der Waals surface area contributed by atoms with Crippen LogP contribution in [0.3, 0.4) is 0 Å². The second-order valence-corrected chi connectivity index (χ2v) is 6.57. The van der Waals surface area contributed by atoms with Crippen molar-refractivity contribution in [3.05, 3.63) is 20.8 Å². The van der Waals surface area contributed by atoms with E-state index in [1.807, 2.05) is 11.3 Å². The van der Waals surface area contributed by atoms with E-state index in [1.54, 1.807) is 0 Å². The van der Waals surface area contributed by atoms with Gasteiger partial charge < -0.3 is 5.73 Å². The first-order chi connectivity index (χ1) is 8.26. The minimum Gasteiger partial charge on any atom is -0.329 e. The first-order valence-electron chi connectivity index (χ1n) is 6.43. The van der Waals surface area contributed by atoms with E-state index in [4.69, 9.17) is 5.73 Å². The lowest BCUT2D eigenvalue weighted by molar-refractivity contribution is 0.142. The van der Waals surface area contributed by atoms with E-state index in [0.717, 1.165) is 12.5 Å². The molecule has 1 aliphatic carbocycles. The number of hydrogen-bond acceptors (Lipinski definition) is 3. The van der Waals surface area contributed by atoms with Gasteiger partial charge in [-0.3, -0.25) is 4.90 Å². The second-order valence-electron chi connectivity index (χ2n) is 4.77. The number of nitrogens with two attached hydrogens (primary N) is 1. The average Bonchev–Trinajstić information content (AvgIpc) is 2.68. The first-order valence-corrected chi connectivity index (χ1v) is 8.10. The molecule has 96 valence electrons. The number of rotatable bonds is 6. The Kier molecular flexibility index (Phi) is 5.03. The van der Waals surface area contributed by atoms with Gasteiger partial charge in [0.1, 0.15) is 0 Å². The van der Waals surface area contributed by atoms with Gasteiger partial charge in [-0.15, -0.1) is 11.3 Å². The summed E-state index contributed by atoms with van der Waals surface area (Å²) >= 11 is 5.44. The van der Waals surface area contributed by atoms with Crippen LogP contribution in [0.4, 0.5) is 0 Å². The molecule has 1 atom stereocenters. The molecule has 0 saturated heterocycles. The van der Waals surface area contributed by atoms with Crippen molar-refractivity contribution in [2.75, 3.05) is 19.6 Å². The number of likely N-dealkylation sites (N-methyl/N-ethyl adjacent to an activating group) is 1. The van der Waals surface area contributed by atoms with E-state index in [9.17, 15) is 0 Å². The number of hydrogen-bond donors (Lipinski definition) is 1. The Labute approximate surface area is 116 Å². The summed E-state index contributed by atoms with van der Waals surface area (Å²) in [6, 6.07) is 2.51. The molecule has 1 aromatic heterocycles. The maximum absolute atomic E-state index is 5.99. The zero-order chi connectivity index (χ0) is 12.3. The molecule has 4 heteroatoms. The minimum atomic E-state index is 0.384. The SMILES string of the molecule is CCN(CC1CCC1)C(CN)c1sccc1Br. The highest BCUT2D eigenvalue weighted by molar-refractivity contribution is 9.10. The molecule has 2 nitrogen and oxygen atoms in total. The Balaban J connectivity index is 2.06. The summed E-state index contributed by atoms with van der Waals surface area (Å²) in [5.41, 5.74) is 5.99. The van der Waals surface area contributed by atoms with Crippen LogP contribution in [0.2, 0.25) is 0 Å². The van der Waals surface area contributed by atoms with E-state index >= 15 is 0 Å². The summed E-state index contributed by atoms with van der Waals surface area (Å²) in [7, 11) is 0. The number of nitrogens with zero attached hydrogens (tertiary/aromatic N) is 1. The van der Waals surface area contributed by atoms with Crippen molar-refractivity contribution in [1.29, 1.82) is 0 Å².